The average Bonchev–Trinajstić information content (AvgIpc) is 3.02. The zero-order valence-corrected chi connectivity index (χ0v) is 16.9. The molecule has 1 saturated heterocycles. The first-order chi connectivity index (χ1) is 14.2. The molecule has 2 aromatic heterocycles. The molecule has 0 radical (unpaired) electrons. The highest BCUT2D eigenvalue weighted by Crippen LogP contribution is 2.28. The number of nitrogens with zero attached hydrogens (tertiary/aromatic N) is 6. The fourth-order valence-electron chi connectivity index (χ4n) is 3.10. The number of anilines is 2. The minimum Gasteiger partial charge on any atom is -0.353 e. The number of hydrogen-bond acceptors (Lipinski definition) is 9. The average molecular weight is 430 g/mol. The summed E-state index contributed by atoms with van der Waals surface area (Å²) in [6, 6.07) is 5.58. The van der Waals surface area contributed by atoms with E-state index in [9.17, 15) is 18.0 Å². The summed E-state index contributed by atoms with van der Waals surface area (Å²) in [5.41, 5.74) is 1.65. The van der Waals surface area contributed by atoms with Crippen LogP contribution < -0.4 is 14.9 Å². The van der Waals surface area contributed by atoms with Crippen LogP contribution in [0.15, 0.2) is 35.5 Å². The number of nitrogens with one attached hydrogen (secondary N) is 2. The van der Waals surface area contributed by atoms with Crippen molar-refractivity contribution in [2.24, 2.45) is 13.0 Å². The van der Waals surface area contributed by atoms with Crippen molar-refractivity contribution in [3.05, 3.63) is 30.6 Å². The molecule has 1 aromatic carbocycles. The van der Waals surface area contributed by atoms with E-state index in [0.29, 0.717) is 35.8 Å². The summed E-state index contributed by atoms with van der Waals surface area (Å²) in [4.78, 5) is 33.7. The van der Waals surface area contributed by atoms with E-state index in [-0.39, 0.29) is 16.7 Å². The van der Waals surface area contributed by atoms with Gasteiger partial charge in [-0.05, 0) is 24.3 Å². The highest BCUT2D eigenvalue weighted by Gasteiger charge is 2.35. The predicted octanol–water partition coefficient (Wildman–Crippen LogP) is -0.342. The molecule has 1 aliphatic heterocycles. The van der Waals surface area contributed by atoms with Crippen molar-refractivity contribution in [2.45, 2.75) is 11.8 Å². The van der Waals surface area contributed by atoms with Crippen LogP contribution in [0.4, 0.5) is 11.5 Å². The van der Waals surface area contributed by atoms with Crippen molar-refractivity contribution in [2.75, 3.05) is 23.3 Å². The van der Waals surface area contributed by atoms with Crippen molar-refractivity contribution < 1.29 is 18.0 Å². The van der Waals surface area contributed by atoms with Gasteiger partial charge in [0.05, 0.1) is 10.8 Å². The van der Waals surface area contributed by atoms with Crippen molar-refractivity contribution in [1.82, 2.24) is 29.7 Å². The van der Waals surface area contributed by atoms with Crippen LogP contribution in [0.5, 0.6) is 0 Å². The standard InChI is InChI=1S/C17H18N8O4S/c1-10(26)22-30(28,29)13-5-3-12(4-6-13)20-17(27)11-7-25(8-11)16-14-15(18-9-19-16)24(2)23-21-14/h3-6,9,11H,7-8H2,1-2H3,(H,20,27)(H,22,26). The molecule has 3 aromatic rings. The Bertz CT molecular complexity index is 1230. The second kappa shape index (κ2) is 7.33. The van der Waals surface area contributed by atoms with Gasteiger partial charge in [-0.25, -0.2) is 27.8 Å². The van der Waals surface area contributed by atoms with Gasteiger partial charge in [-0.2, -0.15) is 0 Å². The maximum Gasteiger partial charge on any atom is 0.264 e. The minimum atomic E-state index is -3.91. The molecule has 30 heavy (non-hydrogen) atoms. The lowest BCUT2D eigenvalue weighted by molar-refractivity contribution is -0.120. The van der Waals surface area contributed by atoms with Gasteiger partial charge in [-0.3, -0.25) is 9.59 Å². The lowest BCUT2D eigenvalue weighted by Gasteiger charge is -2.38. The first kappa shape index (κ1) is 19.7. The molecular weight excluding hydrogens is 412 g/mol. The first-order valence-corrected chi connectivity index (χ1v) is 10.4. The number of hydrogen-bond donors (Lipinski definition) is 2. The Morgan fingerprint density at radius 1 is 1.13 bits per heavy atom. The molecule has 0 bridgehead atoms. The lowest BCUT2D eigenvalue weighted by Crippen LogP contribution is -2.52. The van der Waals surface area contributed by atoms with E-state index in [2.05, 4.69) is 25.6 Å². The van der Waals surface area contributed by atoms with Crippen LogP contribution in [0.1, 0.15) is 6.92 Å². The van der Waals surface area contributed by atoms with E-state index in [1.807, 2.05) is 9.62 Å². The molecule has 13 heteroatoms. The van der Waals surface area contributed by atoms with Crippen LogP contribution >= 0.6 is 0 Å². The van der Waals surface area contributed by atoms with E-state index in [1.54, 1.807) is 11.7 Å². The second-order valence-electron chi connectivity index (χ2n) is 6.86. The third kappa shape index (κ3) is 3.66. The van der Waals surface area contributed by atoms with Crippen LogP contribution in [-0.4, -0.2) is 58.3 Å². The van der Waals surface area contributed by atoms with E-state index in [1.165, 1.54) is 30.6 Å². The van der Waals surface area contributed by atoms with Crippen molar-refractivity contribution >= 4 is 44.5 Å². The molecule has 3 heterocycles. The van der Waals surface area contributed by atoms with Gasteiger partial charge in [0.2, 0.25) is 11.8 Å². The van der Waals surface area contributed by atoms with E-state index in [0.717, 1.165) is 6.92 Å². The summed E-state index contributed by atoms with van der Waals surface area (Å²) in [7, 11) is -2.17. The lowest BCUT2D eigenvalue weighted by atomic mass is 9.99. The molecule has 4 rings (SSSR count). The number of carbonyl (C=O) groups is 2. The number of amides is 2. The topological polar surface area (TPSA) is 152 Å². The molecule has 2 amide bonds. The van der Waals surface area contributed by atoms with Crippen molar-refractivity contribution in [3.63, 3.8) is 0 Å². The maximum atomic E-state index is 12.5. The zero-order valence-electron chi connectivity index (χ0n) is 16.1. The number of carbonyl (C=O) groups excluding carboxylic acids is 2. The Balaban J connectivity index is 1.38. The number of aromatic nitrogens is 5. The van der Waals surface area contributed by atoms with E-state index in [4.69, 9.17) is 0 Å². The molecule has 1 aliphatic rings. The number of rotatable bonds is 5. The van der Waals surface area contributed by atoms with E-state index >= 15 is 0 Å². The Hall–Kier alpha value is -3.61. The smallest absolute Gasteiger partial charge is 0.264 e. The SMILES string of the molecule is CC(=O)NS(=O)(=O)c1ccc(NC(=O)C2CN(c3ncnc4c3nnn4C)C2)cc1. The number of fused-ring (bicyclic) bond motifs is 1. The predicted molar refractivity (Wildman–Crippen MR) is 106 cm³/mol. The van der Waals surface area contributed by atoms with Gasteiger partial charge in [-0.1, -0.05) is 5.21 Å². The van der Waals surface area contributed by atoms with Gasteiger partial charge in [0, 0.05) is 32.7 Å². The van der Waals surface area contributed by atoms with Gasteiger partial charge in [0.1, 0.15) is 6.33 Å². The molecule has 12 nitrogen and oxygen atoms in total. The second-order valence-corrected chi connectivity index (χ2v) is 8.54. The van der Waals surface area contributed by atoms with Gasteiger partial charge in [0.25, 0.3) is 10.0 Å². The summed E-state index contributed by atoms with van der Waals surface area (Å²) in [6.07, 6.45) is 1.44. The third-order valence-corrected chi connectivity index (χ3v) is 6.08. The number of aryl methyl sites for hydroxylation is 1. The Kier molecular flexibility index (Phi) is 4.81. The Morgan fingerprint density at radius 3 is 2.50 bits per heavy atom. The normalized spacial score (nSPS) is 14.4. The first-order valence-electron chi connectivity index (χ1n) is 8.94. The molecule has 0 atom stereocenters. The zero-order chi connectivity index (χ0) is 21.5. The van der Waals surface area contributed by atoms with Crippen molar-refractivity contribution in [3.8, 4) is 0 Å². The highest BCUT2D eigenvalue weighted by atomic mass is 32.2. The molecule has 0 aliphatic carbocycles. The molecule has 0 saturated carbocycles. The van der Waals surface area contributed by atoms with E-state index < -0.39 is 15.9 Å². The molecule has 2 N–H and O–H groups in total. The minimum absolute atomic E-state index is 0.0673. The highest BCUT2D eigenvalue weighted by molar-refractivity contribution is 7.90. The van der Waals surface area contributed by atoms with Crippen LogP contribution in [-0.2, 0) is 26.7 Å². The van der Waals surface area contributed by atoms with Gasteiger partial charge >= 0.3 is 0 Å². The van der Waals surface area contributed by atoms with Crippen LogP contribution in [0, 0.1) is 5.92 Å². The Labute approximate surface area is 171 Å². The summed E-state index contributed by atoms with van der Waals surface area (Å²) in [5, 5.41) is 10.8. The molecule has 0 spiro atoms. The maximum absolute atomic E-state index is 12.5. The third-order valence-electron chi connectivity index (χ3n) is 4.63. The van der Waals surface area contributed by atoms with Crippen LogP contribution in [0.25, 0.3) is 11.2 Å². The Morgan fingerprint density at radius 2 is 1.83 bits per heavy atom. The molecule has 0 unspecified atom stereocenters. The largest absolute Gasteiger partial charge is 0.353 e. The summed E-state index contributed by atoms with van der Waals surface area (Å²) in [6.45, 7) is 2.04. The summed E-state index contributed by atoms with van der Waals surface area (Å²) < 4.78 is 27.4. The molecule has 156 valence electrons. The monoisotopic (exact) mass is 430 g/mol. The molecule has 1 fully saturated rings. The number of sulfonamides is 1. The number of benzene rings is 1. The fraction of sp³-hybridized carbons (Fsp3) is 0.294. The molecular formula is C17H18N8O4S. The van der Waals surface area contributed by atoms with Gasteiger partial charge < -0.3 is 10.2 Å². The fourth-order valence-corrected chi connectivity index (χ4v) is 4.09. The van der Waals surface area contributed by atoms with Crippen LogP contribution in [0.3, 0.4) is 0 Å². The summed E-state index contributed by atoms with van der Waals surface area (Å²) >= 11 is 0. The van der Waals surface area contributed by atoms with Gasteiger partial charge in [-0.15, -0.1) is 5.10 Å². The quantitative estimate of drug-likeness (QED) is 0.553. The van der Waals surface area contributed by atoms with Crippen molar-refractivity contribution in [1.29, 1.82) is 0 Å². The van der Waals surface area contributed by atoms with Gasteiger partial charge in [0.15, 0.2) is 17.0 Å². The van der Waals surface area contributed by atoms with Crippen LogP contribution in [0.2, 0.25) is 0 Å². The summed E-state index contributed by atoms with van der Waals surface area (Å²) in [5.74, 6) is -0.489.